The summed E-state index contributed by atoms with van der Waals surface area (Å²) in [6.45, 7) is 0.0673. The second-order valence-corrected chi connectivity index (χ2v) is 10.9. The van der Waals surface area contributed by atoms with Crippen LogP contribution in [-0.2, 0) is 29.6 Å². The van der Waals surface area contributed by atoms with Gasteiger partial charge in [-0.1, -0.05) is 72.8 Å². The third-order valence-corrected chi connectivity index (χ3v) is 8.38. The highest BCUT2D eigenvalue weighted by molar-refractivity contribution is 7.54. The zero-order valence-corrected chi connectivity index (χ0v) is 21.3. The SMILES string of the molecule is COP(=O)(OC)C(O)c1ccc(C[C@H](NC(=O)OCC2c3ccccc3-c3ccccc32)C(=O)O)cc1. The number of benzene rings is 3. The number of carbonyl (C=O) groups is 2. The van der Waals surface area contributed by atoms with Gasteiger partial charge in [-0.2, -0.15) is 0 Å². The standard InChI is InChI=1S/C27H28NO8P/c1-34-37(33,35-2)26(31)18-13-11-17(12-14-18)15-24(25(29)30)28-27(32)36-16-23-21-9-5-3-7-19(21)20-8-4-6-10-22(20)23/h3-14,23-24,26,31H,15-16H2,1-2H3,(H,28,32)(H,29,30)/t24-,26?/m0/s1. The molecule has 0 radical (unpaired) electrons. The molecular formula is C27H28NO8P. The summed E-state index contributed by atoms with van der Waals surface area (Å²) in [6, 6.07) is 20.8. The highest BCUT2D eigenvalue weighted by Crippen LogP contribution is 2.58. The molecule has 0 aromatic heterocycles. The van der Waals surface area contributed by atoms with Crippen LogP contribution in [0.25, 0.3) is 11.1 Å². The highest BCUT2D eigenvalue weighted by Gasteiger charge is 2.34. The average molecular weight is 525 g/mol. The minimum atomic E-state index is -3.74. The van der Waals surface area contributed by atoms with Gasteiger partial charge in [0.25, 0.3) is 0 Å². The van der Waals surface area contributed by atoms with E-state index in [1.54, 1.807) is 12.1 Å². The predicted molar refractivity (Wildman–Crippen MR) is 136 cm³/mol. The summed E-state index contributed by atoms with van der Waals surface area (Å²) >= 11 is 0. The third kappa shape index (κ3) is 5.60. The summed E-state index contributed by atoms with van der Waals surface area (Å²) in [4.78, 5) is 24.4. The average Bonchev–Trinajstić information content (AvgIpc) is 3.24. The molecular weight excluding hydrogens is 497 g/mol. The monoisotopic (exact) mass is 525 g/mol. The molecule has 2 atom stereocenters. The van der Waals surface area contributed by atoms with Crippen LogP contribution in [0.15, 0.2) is 72.8 Å². The topological polar surface area (TPSA) is 131 Å². The molecule has 3 N–H and O–H groups in total. The fraction of sp³-hybridized carbons (Fsp3) is 0.259. The van der Waals surface area contributed by atoms with Crippen LogP contribution >= 0.6 is 7.60 Å². The summed E-state index contributed by atoms with van der Waals surface area (Å²) in [5, 5.41) is 22.4. The summed E-state index contributed by atoms with van der Waals surface area (Å²) in [6.07, 6.45) is -0.857. The number of alkyl carbamates (subject to hydrolysis) is 1. The number of carboxylic acids is 1. The molecule has 0 saturated carbocycles. The Morgan fingerprint density at radius 1 is 0.919 bits per heavy atom. The van der Waals surface area contributed by atoms with E-state index < -0.39 is 31.5 Å². The van der Waals surface area contributed by atoms with E-state index in [1.165, 1.54) is 26.4 Å². The van der Waals surface area contributed by atoms with Crippen LogP contribution < -0.4 is 5.32 Å². The number of rotatable bonds is 10. The quantitative estimate of drug-likeness (QED) is 0.325. The maximum Gasteiger partial charge on any atom is 0.407 e. The molecule has 0 saturated heterocycles. The molecule has 0 aliphatic heterocycles. The van der Waals surface area contributed by atoms with Gasteiger partial charge in [0.15, 0.2) is 5.85 Å². The number of carbonyl (C=O) groups excluding carboxylic acids is 1. The maximum absolute atomic E-state index is 12.6. The second-order valence-electron chi connectivity index (χ2n) is 8.59. The van der Waals surface area contributed by atoms with E-state index in [0.717, 1.165) is 22.3 Å². The fourth-order valence-electron chi connectivity index (χ4n) is 4.50. The van der Waals surface area contributed by atoms with E-state index in [4.69, 9.17) is 13.8 Å². The predicted octanol–water partition coefficient (Wildman–Crippen LogP) is 4.70. The molecule has 1 unspecified atom stereocenters. The van der Waals surface area contributed by atoms with Crippen molar-refractivity contribution in [3.63, 3.8) is 0 Å². The number of hydrogen-bond acceptors (Lipinski definition) is 7. The van der Waals surface area contributed by atoms with E-state index in [0.29, 0.717) is 5.56 Å². The number of fused-ring (bicyclic) bond motifs is 3. The first-order chi connectivity index (χ1) is 17.8. The minimum absolute atomic E-state index is 0.0257. The highest BCUT2D eigenvalue weighted by atomic mass is 31.2. The molecule has 0 spiro atoms. The molecule has 0 bridgehead atoms. The molecule has 194 valence electrons. The first-order valence-electron chi connectivity index (χ1n) is 11.6. The zero-order chi connectivity index (χ0) is 26.6. The number of aliphatic hydroxyl groups is 1. The lowest BCUT2D eigenvalue weighted by Gasteiger charge is -2.20. The van der Waals surface area contributed by atoms with Gasteiger partial charge in [0.05, 0.1) is 0 Å². The number of amides is 1. The van der Waals surface area contributed by atoms with Gasteiger partial charge in [-0.25, -0.2) is 9.59 Å². The Morgan fingerprint density at radius 3 is 1.97 bits per heavy atom. The third-order valence-electron chi connectivity index (χ3n) is 6.46. The largest absolute Gasteiger partial charge is 0.480 e. The lowest BCUT2D eigenvalue weighted by Crippen LogP contribution is -2.42. The molecule has 9 nitrogen and oxygen atoms in total. The van der Waals surface area contributed by atoms with Gasteiger partial charge in [0, 0.05) is 26.6 Å². The summed E-state index contributed by atoms with van der Waals surface area (Å²) < 4.78 is 27.5. The summed E-state index contributed by atoms with van der Waals surface area (Å²) in [7, 11) is -1.39. The van der Waals surface area contributed by atoms with Crippen molar-refractivity contribution in [3.8, 4) is 11.1 Å². The number of hydrogen-bond donors (Lipinski definition) is 3. The normalized spacial score (nSPS) is 14.4. The Morgan fingerprint density at radius 2 is 1.46 bits per heavy atom. The van der Waals surface area contributed by atoms with Crippen LogP contribution in [0.5, 0.6) is 0 Å². The molecule has 4 rings (SSSR count). The van der Waals surface area contributed by atoms with Crippen LogP contribution in [0.4, 0.5) is 4.79 Å². The van der Waals surface area contributed by atoms with Crippen molar-refractivity contribution in [3.05, 3.63) is 95.1 Å². The lowest BCUT2D eigenvalue weighted by atomic mass is 9.98. The first-order valence-corrected chi connectivity index (χ1v) is 13.2. The number of nitrogens with one attached hydrogen (secondary N) is 1. The van der Waals surface area contributed by atoms with Crippen LogP contribution in [0, 0.1) is 0 Å². The van der Waals surface area contributed by atoms with Crippen LogP contribution in [0.3, 0.4) is 0 Å². The van der Waals surface area contributed by atoms with Gasteiger partial charge in [-0.3, -0.25) is 4.57 Å². The first kappa shape index (κ1) is 26.6. The fourth-order valence-corrected chi connectivity index (χ4v) is 5.59. The van der Waals surface area contributed by atoms with Crippen molar-refractivity contribution < 1.29 is 38.2 Å². The number of aliphatic hydroxyl groups excluding tert-OH is 1. The summed E-state index contributed by atoms with van der Waals surface area (Å²) in [5.41, 5.74) is 5.16. The number of ether oxygens (including phenoxy) is 1. The van der Waals surface area contributed by atoms with E-state index in [2.05, 4.69) is 5.32 Å². The number of carboxylic acid groups (broad SMARTS) is 1. The molecule has 0 fully saturated rings. The Kier molecular flexibility index (Phi) is 8.10. The van der Waals surface area contributed by atoms with Gasteiger partial charge in [0.1, 0.15) is 12.6 Å². The molecule has 10 heteroatoms. The summed E-state index contributed by atoms with van der Waals surface area (Å²) in [5.74, 6) is -2.86. The van der Waals surface area contributed by atoms with E-state index >= 15 is 0 Å². The Labute approximate surface area is 214 Å². The molecule has 1 aliphatic rings. The molecule has 1 amide bonds. The lowest BCUT2D eigenvalue weighted by molar-refractivity contribution is -0.139. The van der Waals surface area contributed by atoms with Gasteiger partial charge < -0.3 is 29.3 Å². The van der Waals surface area contributed by atoms with Crippen molar-refractivity contribution in [2.75, 3.05) is 20.8 Å². The molecule has 0 heterocycles. The Balaban J connectivity index is 1.39. The van der Waals surface area contributed by atoms with Crippen LogP contribution in [-0.4, -0.2) is 49.1 Å². The molecule has 37 heavy (non-hydrogen) atoms. The minimum Gasteiger partial charge on any atom is -0.480 e. The van der Waals surface area contributed by atoms with Crippen molar-refractivity contribution >= 4 is 19.7 Å². The Hall–Kier alpha value is -3.49. The zero-order valence-electron chi connectivity index (χ0n) is 20.4. The second kappa shape index (κ2) is 11.3. The molecule has 3 aromatic rings. The van der Waals surface area contributed by atoms with Crippen molar-refractivity contribution in [1.82, 2.24) is 5.32 Å². The van der Waals surface area contributed by atoms with Crippen molar-refractivity contribution in [1.29, 1.82) is 0 Å². The van der Waals surface area contributed by atoms with Gasteiger partial charge in [-0.15, -0.1) is 0 Å². The van der Waals surface area contributed by atoms with Gasteiger partial charge in [0.2, 0.25) is 0 Å². The van der Waals surface area contributed by atoms with Crippen LogP contribution in [0.1, 0.15) is 34.0 Å². The van der Waals surface area contributed by atoms with E-state index in [-0.39, 0.29) is 24.5 Å². The van der Waals surface area contributed by atoms with Gasteiger partial charge in [-0.05, 0) is 33.4 Å². The van der Waals surface area contributed by atoms with Gasteiger partial charge >= 0.3 is 19.7 Å². The van der Waals surface area contributed by atoms with E-state index in [9.17, 15) is 24.4 Å². The molecule has 3 aromatic carbocycles. The van der Waals surface area contributed by atoms with E-state index in [1.807, 2.05) is 48.5 Å². The smallest absolute Gasteiger partial charge is 0.407 e. The van der Waals surface area contributed by atoms with Crippen LogP contribution in [0.2, 0.25) is 0 Å². The van der Waals surface area contributed by atoms with Crippen molar-refractivity contribution in [2.45, 2.75) is 24.2 Å². The van der Waals surface area contributed by atoms with Crippen molar-refractivity contribution in [2.24, 2.45) is 0 Å². The Bertz CT molecular complexity index is 1270. The number of aliphatic carboxylic acids is 1. The maximum atomic E-state index is 12.6. The molecule has 1 aliphatic carbocycles.